The molecule has 7 heteroatoms. The van der Waals surface area contributed by atoms with Gasteiger partial charge < -0.3 is 25.3 Å². The van der Waals surface area contributed by atoms with Crippen molar-refractivity contribution in [2.24, 2.45) is 0 Å². The Labute approximate surface area is 171 Å². The number of furan rings is 1. The van der Waals surface area contributed by atoms with Gasteiger partial charge in [0.25, 0.3) is 0 Å². The molecule has 0 bridgehead atoms. The first-order valence-corrected chi connectivity index (χ1v) is 10.3. The molecule has 0 unspecified atom stereocenters. The van der Waals surface area contributed by atoms with Gasteiger partial charge in [0.2, 0.25) is 11.8 Å². The SMILES string of the molecule is O=C(CCNCc1ccco1)Nc1cccc(NC(=O)CCN2CCCCC2)c1. The molecule has 0 spiro atoms. The van der Waals surface area contributed by atoms with Crippen LogP contribution < -0.4 is 16.0 Å². The molecule has 1 fully saturated rings. The Morgan fingerprint density at radius 2 is 1.66 bits per heavy atom. The molecule has 156 valence electrons. The lowest BCUT2D eigenvalue weighted by atomic mass is 10.1. The van der Waals surface area contributed by atoms with Crippen molar-refractivity contribution in [2.75, 3.05) is 36.8 Å². The Morgan fingerprint density at radius 3 is 2.34 bits per heavy atom. The molecule has 2 amide bonds. The molecule has 0 aliphatic carbocycles. The molecule has 7 nitrogen and oxygen atoms in total. The fraction of sp³-hybridized carbons (Fsp3) is 0.455. The summed E-state index contributed by atoms with van der Waals surface area (Å²) in [6.07, 6.45) is 6.21. The third-order valence-corrected chi connectivity index (χ3v) is 4.94. The fourth-order valence-electron chi connectivity index (χ4n) is 3.39. The van der Waals surface area contributed by atoms with Crippen LogP contribution in [0.15, 0.2) is 47.1 Å². The van der Waals surface area contributed by atoms with E-state index in [1.165, 1.54) is 19.3 Å². The number of carbonyl (C=O) groups is 2. The second-order valence-corrected chi connectivity index (χ2v) is 7.34. The van der Waals surface area contributed by atoms with Crippen molar-refractivity contribution in [1.29, 1.82) is 0 Å². The van der Waals surface area contributed by atoms with Gasteiger partial charge in [0.1, 0.15) is 5.76 Å². The number of likely N-dealkylation sites (tertiary alicyclic amines) is 1. The number of hydrogen-bond donors (Lipinski definition) is 3. The van der Waals surface area contributed by atoms with E-state index in [-0.39, 0.29) is 11.8 Å². The molecule has 0 atom stereocenters. The molecule has 1 aliphatic rings. The fourth-order valence-corrected chi connectivity index (χ4v) is 3.39. The van der Waals surface area contributed by atoms with Crippen LogP contribution in [0.1, 0.15) is 37.9 Å². The highest BCUT2D eigenvalue weighted by atomic mass is 16.3. The van der Waals surface area contributed by atoms with Gasteiger partial charge in [-0.1, -0.05) is 12.5 Å². The maximum Gasteiger partial charge on any atom is 0.225 e. The predicted molar refractivity (Wildman–Crippen MR) is 114 cm³/mol. The van der Waals surface area contributed by atoms with E-state index in [4.69, 9.17) is 4.42 Å². The molecule has 1 aliphatic heterocycles. The van der Waals surface area contributed by atoms with Gasteiger partial charge in [-0.15, -0.1) is 0 Å². The standard InChI is InChI=1S/C22H30N4O3/c27-21(9-11-23-17-20-8-5-15-29-20)24-18-6-4-7-19(16-18)25-22(28)10-14-26-12-2-1-3-13-26/h4-8,15-16,23H,1-3,9-14,17H2,(H,24,27)(H,25,28). The van der Waals surface area contributed by atoms with Crippen molar-refractivity contribution in [3.05, 3.63) is 48.4 Å². The van der Waals surface area contributed by atoms with Crippen molar-refractivity contribution >= 4 is 23.2 Å². The van der Waals surface area contributed by atoms with Gasteiger partial charge in [0.05, 0.1) is 12.8 Å². The minimum Gasteiger partial charge on any atom is -0.468 e. The number of nitrogens with zero attached hydrogens (tertiary/aromatic N) is 1. The molecule has 1 saturated heterocycles. The van der Waals surface area contributed by atoms with Crippen LogP contribution in [0.25, 0.3) is 0 Å². The first-order valence-electron chi connectivity index (χ1n) is 10.3. The van der Waals surface area contributed by atoms with Crippen LogP contribution in [0, 0.1) is 0 Å². The van der Waals surface area contributed by atoms with E-state index in [0.29, 0.717) is 37.3 Å². The van der Waals surface area contributed by atoms with E-state index >= 15 is 0 Å². The van der Waals surface area contributed by atoms with Crippen molar-refractivity contribution in [1.82, 2.24) is 10.2 Å². The van der Waals surface area contributed by atoms with E-state index in [0.717, 1.165) is 25.4 Å². The first kappa shape index (κ1) is 21.1. The van der Waals surface area contributed by atoms with E-state index < -0.39 is 0 Å². The molecule has 0 saturated carbocycles. The summed E-state index contributed by atoms with van der Waals surface area (Å²) in [5.74, 6) is 0.765. The highest BCUT2D eigenvalue weighted by Gasteiger charge is 2.12. The zero-order valence-electron chi connectivity index (χ0n) is 16.8. The average Bonchev–Trinajstić information content (AvgIpc) is 3.24. The lowest BCUT2D eigenvalue weighted by Crippen LogP contribution is -2.32. The molecule has 3 rings (SSSR count). The van der Waals surface area contributed by atoms with Crippen molar-refractivity contribution in [3.63, 3.8) is 0 Å². The zero-order chi connectivity index (χ0) is 20.3. The Bertz CT molecular complexity index is 770. The highest BCUT2D eigenvalue weighted by Crippen LogP contribution is 2.16. The largest absolute Gasteiger partial charge is 0.468 e. The van der Waals surface area contributed by atoms with Gasteiger partial charge >= 0.3 is 0 Å². The second-order valence-electron chi connectivity index (χ2n) is 7.34. The van der Waals surface area contributed by atoms with Gasteiger partial charge in [0.15, 0.2) is 0 Å². The molecule has 0 radical (unpaired) electrons. The summed E-state index contributed by atoms with van der Waals surface area (Å²) < 4.78 is 5.23. The summed E-state index contributed by atoms with van der Waals surface area (Å²) in [7, 11) is 0. The molecule has 1 aromatic carbocycles. The lowest BCUT2D eigenvalue weighted by molar-refractivity contribution is -0.117. The molecular formula is C22H30N4O3. The van der Waals surface area contributed by atoms with Gasteiger partial charge in [-0.25, -0.2) is 0 Å². The minimum atomic E-state index is -0.0782. The maximum absolute atomic E-state index is 12.2. The van der Waals surface area contributed by atoms with E-state index in [1.54, 1.807) is 12.3 Å². The van der Waals surface area contributed by atoms with Crippen LogP contribution in [0.2, 0.25) is 0 Å². The molecule has 2 aromatic rings. The maximum atomic E-state index is 12.2. The topological polar surface area (TPSA) is 86.6 Å². The number of rotatable bonds is 10. The van der Waals surface area contributed by atoms with E-state index in [1.807, 2.05) is 30.3 Å². The average molecular weight is 399 g/mol. The number of hydrogen-bond acceptors (Lipinski definition) is 5. The van der Waals surface area contributed by atoms with Gasteiger partial charge in [-0.2, -0.15) is 0 Å². The monoisotopic (exact) mass is 398 g/mol. The summed E-state index contributed by atoms with van der Waals surface area (Å²) >= 11 is 0. The Balaban J connectivity index is 1.36. The first-order chi connectivity index (χ1) is 14.2. The summed E-state index contributed by atoms with van der Waals surface area (Å²) in [4.78, 5) is 26.7. The number of anilines is 2. The van der Waals surface area contributed by atoms with Crippen LogP contribution in [-0.2, 0) is 16.1 Å². The number of piperidine rings is 1. The third-order valence-electron chi connectivity index (χ3n) is 4.94. The molecular weight excluding hydrogens is 368 g/mol. The zero-order valence-corrected chi connectivity index (χ0v) is 16.8. The van der Waals surface area contributed by atoms with Gasteiger partial charge in [0, 0.05) is 37.3 Å². The van der Waals surface area contributed by atoms with Crippen LogP contribution in [0.5, 0.6) is 0 Å². The third kappa shape index (κ3) is 7.71. The summed E-state index contributed by atoms with van der Waals surface area (Å²) in [6.45, 7) is 4.13. The highest BCUT2D eigenvalue weighted by molar-refractivity contribution is 5.94. The molecule has 3 N–H and O–H groups in total. The normalized spacial score (nSPS) is 14.5. The Kier molecular flexibility index (Phi) is 8.27. The van der Waals surface area contributed by atoms with Crippen LogP contribution in [0.4, 0.5) is 11.4 Å². The van der Waals surface area contributed by atoms with Crippen molar-refractivity contribution in [2.45, 2.75) is 38.6 Å². The number of amides is 2. The quantitative estimate of drug-likeness (QED) is 0.535. The van der Waals surface area contributed by atoms with Gasteiger partial charge in [-0.3, -0.25) is 9.59 Å². The van der Waals surface area contributed by atoms with Crippen molar-refractivity contribution < 1.29 is 14.0 Å². The molecule has 2 heterocycles. The summed E-state index contributed by atoms with van der Waals surface area (Å²) in [5.41, 5.74) is 1.37. The van der Waals surface area contributed by atoms with Crippen LogP contribution in [0.3, 0.4) is 0 Å². The smallest absolute Gasteiger partial charge is 0.225 e. The Morgan fingerprint density at radius 1 is 0.931 bits per heavy atom. The number of nitrogens with one attached hydrogen (secondary N) is 3. The molecule has 1 aromatic heterocycles. The Hall–Kier alpha value is -2.64. The minimum absolute atomic E-state index is 0.00109. The summed E-state index contributed by atoms with van der Waals surface area (Å²) in [6, 6.07) is 11.0. The van der Waals surface area contributed by atoms with Crippen LogP contribution in [-0.4, -0.2) is 42.9 Å². The molecule has 29 heavy (non-hydrogen) atoms. The van der Waals surface area contributed by atoms with Crippen LogP contribution >= 0.6 is 0 Å². The predicted octanol–water partition coefficient (Wildman–Crippen LogP) is 3.21. The second kappa shape index (κ2) is 11.4. The number of carbonyl (C=O) groups excluding carboxylic acids is 2. The summed E-state index contributed by atoms with van der Waals surface area (Å²) in [5, 5.41) is 8.96. The van der Waals surface area contributed by atoms with Gasteiger partial charge in [-0.05, 0) is 56.3 Å². The number of benzene rings is 1. The van der Waals surface area contributed by atoms with E-state index in [9.17, 15) is 9.59 Å². The lowest BCUT2D eigenvalue weighted by Gasteiger charge is -2.25. The van der Waals surface area contributed by atoms with E-state index in [2.05, 4.69) is 20.9 Å². The van der Waals surface area contributed by atoms with Crippen molar-refractivity contribution in [3.8, 4) is 0 Å².